The number of hydrogen-bond acceptors (Lipinski definition) is 4. The molecule has 20 heavy (non-hydrogen) atoms. The quantitative estimate of drug-likeness (QED) is 0.821. The Morgan fingerprint density at radius 1 is 1.35 bits per heavy atom. The van der Waals surface area contributed by atoms with Crippen molar-refractivity contribution in [2.24, 2.45) is 7.05 Å². The summed E-state index contributed by atoms with van der Waals surface area (Å²) in [6.07, 6.45) is 2.62. The van der Waals surface area contributed by atoms with Crippen LogP contribution in [0.4, 0.5) is 10.5 Å². The molecular weight excluding hydrogens is 260 g/mol. The summed E-state index contributed by atoms with van der Waals surface area (Å²) in [5.41, 5.74) is 1.82. The van der Waals surface area contributed by atoms with Gasteiger partial charge in [-0.3, -0.25) is 24.5 Å². The lowest BCUT2D eigenvalue weighted by molar-refractivity contribution is -0.120. The minimum atomic E-state index is -0.453. The first kappa shape index (κ1) is 12.3. The molecule has 1 fully saturated rings. The lowest BCUT2D eigenvalue weighted by atomic mass is 10.1. The van der Waals surface area contributed by atoms with Gasteiger partial charge in [-0.15, -0.1) is 0 Å². The highest BCUT2D eigenvalue weighted by atomic mass is 16.2. The van der Waals surface area contributed by atoms with Gasteiger partial charge in [-0.05, 0) is 12.1 Å². The van der Waals surface area contributed by atoms with E-state index in [9.17, 15) is 14.4 Å². The van der Waals surface area contributed by atoms with Crippen molar-refractivity contribution in [1.29, 1.82) is 0 Å². The fourth-order valence-corrected chi connectivity index (χ4v) is 2.43. The summed E-state index contributed by atoms with van der Waals surface area (Å²) in [4.78, 5) is 35.7. The zero-order valence-corrected chi connectivity index (χ0v) is 10.8. The number of anilines is 1. The van der Waals surface area contributed by atoms with Crippen molar-refractivity contribution in [3.63, 3.8) is 0 Å². The number of fused-ring (bicyclic) bond motifs is 1. The van der Waals surface area contributed by atoms with Crippen molar-refractivity contribution in [3.8, 4) is 0 Å². The van der Waals surface area contributed by atoms with E-state index in [-0.39, 0.29) is 12.3 Å². The van der Waals surface area contributed by atoms with Crippen LogP contribution in [0.25, 0.3) is 10.9 Å². The van der Waals surface area contributed by atoms with Crippen LogP contribution in [0.2, 0.25) is 0 Å². The fraction of sp³-hybridized carbons (Fsp3) is 0.231. The van der Waals surface area contributed by atoms with Crippen LogP contribution < -0.4 is 10.2 Å². The van der Waals surface area contributed by atoms with Gasteiger partial charge in [0.2, 0.25) is 5.91 Å². The molecule has 0 radical (unpaired) electrons. The topological polar surface area (TPSA) is 84.3 Å². The lowest BCUT2D eigenvalue weighted by Gasteiger charge is -2.27. The van der Waals surface area contributed by atoms with E-state index in [1.54, 1.807) is 30.1 Å². The summed E-state index contributed by atoms with van der Waals surface area (Å²) in [6, 6.07) is 2.89. The second-order valence-electron chi connectivity index (χ2n) is 4.58. The molecular formula is C13H12N4O3. The molecule has 2 aromatic rings. The number of amides is 3. The van der Waals surface area contributed by atoms with Crippen molar-refractivity contribution < 1.29 is 14.4 Å². The predicted octanol–water partition coefficient (Wildman–Crippen LogP) is 0.832. The van der Waals surface area contributed by atoms with Gasteiger partial charge in [-0.1, -0.05) is 0 Å². The Kier molecular flexibility index (Phi) is 2.74. The molecule has 3 amide bonds. The number of hydrogen-bond donors (Lipinski definition) is 1. The number of benzene rings is 1. The van der Waals surface area contributed by atoms with Crippen LogP contribution in [0.1, 0.15) is 16.8 Å². The number of aldehydes is 1. The normalized spacial score (nSPS) is 15.6. The molecule has 0 saturated carbocycles. The third-order valence-corrected chi connectivity index (χ3v) is 3.38. The molecule has 3 rings (SSSR count). The highest BCUT2D eigenvalue weighted by Crippen LogP contribution is 2.29. The first-order chi connectivity index (χ1) is 9.61. The molecule has 1 aromatic heterocycles. The van der Waals surface area contributed by atoms with Crippen LogP contribution in [0.5, 0.6) is 0 Å². The first-order valence-corrected chi connectivity index (χ1v) is 6.13. The van der Waals surface area contributed by atoms with Gasteiger partial charge >= 0.3 is 6.03 Å². The number of urea groups is 1. The predicted molar refractivity (Wildman–Crippen MR) is 71.6 cm³/mol. The Morgan fingerprint density at radius 2 is 2.15 bits per heavy atom. The number of nitrogens with zero attached hydrogens (tertiary/aromatic N) is 3. The zero-order chi connectivity index (χ0) is 14.3. The number of aryl methyl sites for hydroxylation is 1. The fourth-order valence-electron chi connectivity index (χ4n) is 2.43. The minimum absolute atomic E-state index is 0.253. The van der Waals surface area contributed by atoms with E-state index in [2.05, 4.69) is 10.4 Å². The van der Waals surface area contributed by atoms with Crippen molar-refractivity contribution >= 4 is 34.8 Å². The summed E-state index contributed by atoms with van der Waals surface area (Å²) in [5.74, 6) is -0.279. The second-order valence-corrected chi connectivity index (χ2v) is 4.58. The van der Waals surface area contributed by atoms with Crippen LogP contribution >= 0.6 is 0 Å². The van der Waals surface area contributed by atoms with Crippen LogP contribution in [-0.2, 0) is 11.8 Å². The molecule has 0 bridgehead atoms. The Hall–Kier alpha value is -2.70. The van der Waals surface area contributed by atoms with Gasteiger partial charge in [0.05, 0.1) is 17.4 Å². The highest BCUT2D eigenvalue weighted by Gasteiger charge is 2.26. The highest BCUT2D eigenvalue weighted by molar-refractivity contribution is 6.11. The average Bonchev–Trinajstić information content (AvgIpc) is 2.81. The maximum atomic E-state index is 11.9. The van der Waals surface area contributed by atoms with E-state index < -0.39 is 6.03 Å². The summed E-state index contributed by atoms with van der Waals surface area (Å²) in [7, 11) is 1.74. The van der Waals surface area contributed by atoms with Gasteiger partial charge in [0.15, 0.2) is 6.29 Å². The van der Waals surface area contributed by atoms with Gasteiger partial charge in [-0.2, -0.15) is 5.10 Å². The molecule has 0 aliphatic carbocycles. The number of nitrogens with one attached hydrogen (secondary N) is 1. The molecule has 1 aliphatic rings. The Morgan fingerprint density at radius 3 is 2.85 bits per heavy atom. The summed E-state index contributed by atoms with van der Waals surface area (Å²) < 4.78 is 1.59. The number of aromatic nitrogens is 2. The smallest absolute Gasteiger partial charge is 0.298 e. The number of imide groups is 1. The second kappa shape index (κ2) is 4.44. The molecule has 1 saturated heterocycles. The summed E-state index contributed by atoms with van der Waals surface area (Å²) in [6.45, 7) is 0.315. The van der Waals surface area contributed by atoms with Gasteiger partial charge < -0.3 is 0 Å². The van der Waals surface area contributed by atoms with Crippen LogP contribution in [0, 0.1) is 0 Å². The van der Waals surface area contributed by atoms with E-state index in [4.69, 9.17) is 0 Å². The number of carbonyl (C=O) groups is 3. The third-order valence-electron chi connectivity index (χ3n) is 3.38. The van der Waals surface area contributed by atoms with Crippen LogP contribution in [0.15, 0.2) is 18.3 Å². The Bertz CT molecular complexity index is 735. The molecule has 0 atom stereocenters. The molecule has 0 unspecified atom stereocenters. The molecule has 102 valence electrons. The van der Waals surface area contributed by atoms with Crippen molar-refractivity contribution in [1.82, 2.24) is 15.1 Å². The molecule has 1 aromatic carbocycles. The lowest BCUT2D eigenvalue weighted by Crippen LogP contribution is -2.49. The first-order valence-electron chi connectivity index (χ1n) is 6.13. The SMILES string of the molecule is Cn1ncc2c(N3CCC(=O)NC3=O)ccc(C=O)c21. The molecule has 7 nitrogen and oxygen atoms in total. The molecule has 1 aliphatic heterocycles. The molecule has 1 N–H and O–H groups in total. The standard InChI is InChI=1S/C13H12N4O3/c1-16-12-8(7-18)2-3-10(9(12)6-14-16)17-5-4-11(19)15-13(17)20/h2-3,6-7H,4-5H2,1H3,(H,15,19,20). The number of carbonyl (C=O) groups excluding carboxylic acids is 3. The third kappa shape index (κ3) is 1.75. The van der Waals surface area contributed by atoms with Gasteiger partial charge in [-0.25, -0.2) is 4.79 Å². The Balaban J connectivity index is 2.15. The van der Waals surface area contributed by atoms with E-state index in [1.807, 2.05) is 0 Å². The average molecular weight is 272 g/mol. The van der Waals surface area contributed by atoms with E-state index >= 15 is 0 Å². The summed E-state index contributed by atoms with van der Waals surface area (Å²) >= 11 is 0. The van der Waals surface area contributed by atoms with E-state index in [1.165, 1.54) is 4.90 Å². The van der Waals surface area contributed by atoms with E-state index in [0.717, 1.165) is 6.29 Å². The maximum absolute atomic E-state index is 11.9. The van der Waals surface area contributed by atoms with E-state index in [0.29, 0.717) is 28.7 Å². The molecule has 0 spiro atoms. The molecule has 2 heterocycles. The van der Waals surface area contributed by atoms with Crippen molar-refractivity contribution in [2.45, 2.75) is 6.42 Å². The monoisotopic (exact) mass is 272 g/mol. The largest absolute Gasteiger partial charge is 0.328 e. The molecule has 7 heteroatoms. The maximum Gasteiger partial charge on any atom is 0.328 e. The number of rotatable bonds is 2. The Labute approximate surface area is 114 Å². The van der Waals surface area contributed by atoms with Crippen LogP contribution in [-0.4, -0.2) is 34.5 Å². The summed E-state index contributed by atoms with van der Waals surface area (Å²) in [5, 5.41) is 7.12. The van der Waals surface area contributed by atoms with Crippen molar-refractivity contribution in [2.75, 3.05) is 11.4 Å². The van der Waals surface area contributed by atoms with Crippen LogP contribution in [0.3, 0.4) is 0 Å². The van der Waals surface area contributed by atoms with Gasteiger partial charge in [0, 0.05) is 31.0 Å². The van der Waals surface area contributed by atoms with Crippen molar-refractivity contribution in [3.05, 3.63) is 23.9 Å². The van der Waals surface area contributed by atoms with Gasteiger partial charge in [0.1, 0.15) is 0 Å². The minimum Gasteiger partial charge on any atom is -0.298 e. The van der Waals surface area contributed by atoms with Gasteiger partial charge in [0.25, 0.3) is 0 Å². The zero-order valence-electron chi connectivity index (χ0n) is 10.8.